The zero-order valence-electron chi connectivity index (χ0n) is 19.5. The molecule has 174 valence electrons. The first-order valence-electron chi connectivity index (χ1n) is 10.7. The normalized spacial score (nSPS) is 11.5. The molecule has 0 aliphatic heterocycles. The summed E-state index contributed by atoms with van der Waals surface area (Å²) in [4.78, 5) is 24.9. The van der Waals surface area contributed by atoms with Crippen LogP contribution in [0.25, 0.3) is 5.69 Å². The third kappa shape index (κ3) is 5.91. The van der Waals surface area contributed by atoms with Crippen LogP contribution in [-0.4, -0.2) is 35.5 Å². The lowest BCUT2D eigenvalue weighted by atomic mass is 10.1. The van der Waals surface area contributed by atoms with Gasteiger partial charge in [0.1, 0.15) is 0 Å². The number of rotatable bonds is 9. The molecule has 8 heteroatoms. The minimum absolute atomic E-state index is 0.179. The topological polar surface area (TPSA) is 91.7 Å². The summed E-state index contributed by atoms with van der Waals surface area (Å²) in [5.41, 5.74) is 3.38. The summed E-state index contributed by atoms with van der Waals surface area (Å²) in [6.45, 7) is 8.32. The molecule has 0 aliphatic carbocycles. The maximum absolute atomic E-state index is 12.6. The molecule has 0 saturated heterocycles. The van der Waals surface area contributed by atoms with Crippen molar-refractivity contribution >= 4 is 5.91 Å². The molecule has 2 aromatic carbocycles. The molecule has 1 heterocycles. The van der Waals surface area contributed by atoms with Gasteiger partial charge in [0.25, 0.3) is 11.5 Å². The van der Waals surface area contributed by atoms with Crippen LogP contribution in [0.5, 0.6) is 17.4 Å². The van der Waals surface area contributed by atoms with E-state index in [1.54, 1.807) is 14.0 Å². The van der Waals surface area contributed by atoms with Crippen LogP contribution in [-0.2, 0) is 11.3 Å². The van der Waals surface area contributed by atoms with Crippen molar-refractivity contribution in [2.45, 2.75) is 40.3 Å². The number of amides is 1. The van der Waals surface area contributed by atoms with E-state index in [9.17, 15) is 9.59 Å². The fraction of sp³-hybridized carbons (Fsp3) is 0.320. The third-order valence-corrected chi connectivity index (χ3v) is 5.17. The molecule has 0 radical (unpaired) electrons. The number of carbonyl (C=O) groups excluding carboxylic acids is 1. The highest BCUT2D eigenvalue weighted by Crippen LogP contribution is 2.28. The molecule has 3 aromatic rings. The molecule has 0 saturated carbocycles. The summed E-state index contributed by atoms with van der Waals surface area (Å²) in [6, 6.07) is 14.0. The Morgan fingerprint density at radius 3 is 2.55 bits per heavy atom. The highest BCUT2D eigenvalue weighted by Gasteiger charge is 2.16. The lowest BCUT2D eigenvalue weighted by molar-refractivity contribution is -0.127. The number of aromatic nitrogens is 2. The van der Waals surface area contributed by atoms with Gasteiger partial charge in [0, 0.05) is 18.7 Å². The number of nitrogens with one attached hydrogen (secondary N) is 1. The predicted octanol–water partition coefficient (Wildman–Crippen LogP) is 3.34. The second-order valence-corrected chi connectivity index (χ2v) is 7.59. The van der Waals surface area contributed by atoms with E-state index >= 15 is 0 Å². The molecule has 3 rings (SSSR count). The molecular weight excluding hydrogens is 422 g/mol. The van der Waals surface area contributed by atoms with E-state index in [0.29, 0.717) is 30.3 Å². The van der Waals surface area contributed by atoms with Gasteiger partial charge in [-0.25, -0.2) is 0 Å². The highest BCUT2D eigenvalue weighted by atomic mass is 16.5. The summed E-state index contributed by atoms with van der Waals surface area (Å²) in [7, 11) is 1.57. The molecule has 0 bridgehead atoms. The van der Waals surface area contributed by atoms with Gasteiger partial charge in [-0.05, 0) is 68.7 Å². The molecule has 1 amide bonds. The number of hydrogen-bond donors (Lipinski definition) is 1. The average Bonchev–Trinajstić information content (AvgIpc) is 2.81. The van der Waals surface area contributed by atoms with E-state index in [1.807, 2.05) is 57.2 Å². The number of ether oxygens (including phenoxy) is 3. The van der Waals surface area contributed by atoms with Crippen LogP contribution in [0.1, 0.15) is 30.5 Å². The number of aryl methyl sites for hydroxylation is 2. The lowest BCUT2D eigenvalue weighted by Gasteiger charge is -2.16. The summed E-state index contributed by atoms with van der Waals surface area (Å²) in [6.07, 6.45) is -0.812. The molecule has 0 aliphatic rings. The lowest BCUT2D eigenvalue weighted by Crippen LogP contribution is -2.36. The summed E-state index contributed by atoms with van der Waals surface area (Å²) >= 11 is 0. The Morgan fingerprint density at radius 2 is 1.85 bits per heavy atom. The predicted molar refractivity (Wildman–Crippen MR) is 125 cm³/mol. The van der Waals surface area contributed by atoms with E-state index in [4.69, 9.17) is 14.2 Å². The number of benzene rings is 2. The third-order valence-electron chi connectivity index (χ3n) is 5.17. The van der Waals surface area contributed by atoms with Crippen molar-refractivity contribution in [2.24, 2.45) is 0 Å². The van der Waals surface area contributed by atoms with E-state index in [1.165, 1.54) is 16.8 Å². The number of methoxy groups -OCH3 is 1. The first-order chi connectivity index (χ1) is 15.8. The van der Waals surface area contributed by atoms with Crippen molar-refractivity contribution in [2.75, 3.05) is 13.7 Å². The minimum atomic E-state index is -0.812. The van der Waals surface area contributed by atoms with E-state index in [-0.39, 0.29) is 17.3 Å². The monoisotopic (exact) mass is 451 g/mol. The van der Waals surface area contributed by atoms with Crippen molar-refractivity contribution in [3.8, 4) is 23.1 Å². The van der Waals surface area contributed by atoms with Gasteiger partial charge in [0.05, 0.1) is 19.4 Å². The Kier molecular flexibility index (Phi) is 7.71. The SMILES string of the molecule is CCOc1ccc(CNC(=O)C(C)Oc2ccc(=O)n(-c3ccc(C)c(C)c3)n2)cc1OC. The summed E-state index contributed by atoms with van der Waals surface area (Å²) in [5.74, 6) is 1.12. The Morgan fingerprint density at radius 1 is 1.06 bits per heavy atom. The van der Waals surface area contributed by atoms with Gasteiger partial charge in [0.15, 0.2) is 17.6 Å². The van der Waals surface area contributed by atoms with Gasteiger partial charge in [-0.2, -0.15) is 4.68 Å². The number of carbonyl (C=O) groups is 1. The van der Waals surface area contributed by atoms with E-state index < -0.39 is 6.10 Å². The molecule has 1 N–H and O–H groups in total. The zero-order chi connectivity index (χ0) is 24.0. The van der Waals surface area contributed by atoms with Crippen LogP contribution in [0.4, 0.5) is 0 Å². The second kappa shape index (κ2) is 10.7. The molecule has 0 spiro atoms. The molecule has 33 heavy (non-hydrogen) atoms. The molecule has 1 aromatic heterocycles. The maximum Gasteiger partial charge on any atom is 0.271 e. The highest BCUT2D eigenvalue weighted by molar-refractivity contribution is 5.80. The van der Waals surface area contributed by atoms with Gasteiger partial charge in [-0.3, -0.25) is 9.59 Å². The Balaban J connectivity index is 1.66. The van der Waals surface area contributed by atoms with Crippen molar-refractivity contribution in [3.05, 3.63) is 75.6 Å². The zero-order valence-corrected chi connectivity index (χ0v) is 19.5. The Labute approximate surface area is 193 Å². The smallest absolute Gasteiger partial charge is 0.271 e. The van der Waals surface area contributed by atoms with Gasteiger partial charge in [-0.1, -0.05) is 12.1 Å². The second-order valence-electron chi connectivity index (χ2n) is 7.59. The first kappa shape index (κ1) is 23.8. The first-order valence-corrected chi connectivity index (χ1v) is 10.7. The summed E-state index contributed by atoms with van der Waals surface area (Å²) < 4.78 is 17.8. The van der Waals surface area contributed by atoms with Crippen molar-refractivity contribution in [1.82, 2.24) is 15.1 Å². The van der Waals surface area contributed by atoms with Crippen molar-refractivity contribution in [3.63, 3.8) is 0 Å². The Hall–Kier alpha value is -3.81. The van der Waals surface area contributed by atoms with E-state index in [2.05, 4.69) is 10.4 Å². The molecule has 1 unspecified atom stereocenters. The molecule has 0 fully saturated rings. The van der Waals surface area contributed by atoms with Crippen LogP contribution in [0.15, 0.2) is 53.3 Å². The fourth-order valence-electron chi connectivity index (χ4n) is 3.16. The maximum atomic E-state index is 12.6. The quantitative estimate of drug-likeness (QED) is 0.537. The average molecular weight is 452 g/mol. The van der Waals surface area contributed by atoms with Crippen LogP contribution in [0.2, 0.25) is 0 Å². The van der Waals surface area contributed by atoms with Gasteiger partial charge < -0.3 is 19.5 Å². The summed E-state index contributed by atoms with van der Waals surface area (Å²) in [5, 5.41) is 7.11. The van der Waals surface area contributed by atoms with Crippen molar-refractivity contribution < 1.29 is 19.0 Å². The van der Waals surface area contributed by atoms with Gasteiger partial charge >= 0.3 is 0 Å². The molecule has 8 nitrogen and oxygen atoms in total. The van der Waals surface area contributed by atoms with Crippen LogP contribution in [0, 0.1) is 13.8 Å². The molecular formula is C25H29N3O5. The van der Waals surface area contributed by atoms with Crippen LogP contribution < -0.4 is 25.1 Å². The molecule has 1 atom stereocenters. The largest absolute Gasteiger partial charge is 0.493 e. The number of hydrogen-bond acceptors (Lipinski definition) is 6. The van der Waals surface area contributed by atoms with Gasteiger partial charge in [0.2, 0.25) is 5.88 Å². The van der Waals surface area contributed by atoms with Crippen LogP contribution in [0.3, 0.4) is 0 Å². The fourth-order valence-corrected chi connectivity index (χ4v) is 3.16. The Bertz CT molecular complexity index is 1190. The standard InChI is InChI=1S/C25H29N3O5/c1-6-32-21-10-8-19(14-22(21)31-5)15-26-25(30)18(4)33-23-11-12-24(29)28(27-23)20-9-7-16(2)17(3)13-20/h7-14,18H,6,15H2,1-5H3,(H,26,30). The van der Waals surface area contributed by atoms with Crippen LogP contribution >= 0.6 is 0 Å². The van der Waals surface area contributed by atoms with Gasteiger partial charge in [-0.15, -0.1) is 5.10 Å². The van der Waals surface area contributed by atoms with Crippen molar-refractivity contribution in [1.29, 1.82) is 0 Å². The van der Waals surface area contributed by atoms with E-state index in [0.717, 1.165) is 16.7 Å². The number of nitrogens with zero attached hydrogens (tertiary/aromatic N) is 2. The minimum Gasteiger partial charge on any atom is -0.493 e.